The predicted octanol–water partition coefficient (Wildman–Crippen LogP) is 13.7. The Balaban J connectivity index is 1.23. The quantitative estimate of drug-likeness (QED) is 0.163. The molecule has 3 heterocycles. The molecular formula is C50H29N5. The fraction of sp³-hybridized carbons (Fsp3) is 0. The molecule has 3 aromatic heterocycles. The summed E-state index contributed by atoms with van der Waals surface area (Å²) in [6.45, 7) is 16.1. The largest absolute Gasteiger partial charge is 0.318 e. The van der Waals surface area contributed by atoms with Crippen molar-refractivity contribution >= 4 is 76.8 Å². The van der Waals surface area contributed by atoms with Crippen LogP contribution in [0.2, 0.25) is 0 Å². The molecular weight excluding hydrogens is 671 g/mol. The van der Waals surface area contributed by atoms with Crippen LogP contribution in [0.15, 0.2) is 176 Å². The average Bonchev–Trinajstić information content (AvgIpc) is 3.89. The van der Waals surface area contributed by atoms with Gasteiger partial charge in [-0.3, -0.25) is 0 Å². The molecule has 0 fully saturated rings. The topological polar surface area (TPSA) is 23.5 Å². The molecule has 8 aromatic carbocycles. The molecule has 0 atom stereocenters. The van der Waals surface area contributed by atoms with Crippen LogP contribution in [0.25, 0.3) is 103 Å². The average molecular weight is 700 g/mol. The van der Waals surface area contributed by atoms with Crippen molar-refractivity contribution in [1.82, 2.24) is 13.7 Å². The SMILES string of the molecule is [C-]#[N+]c1ccc2c(c1)c1ccccc1n2-c1c([N+]#[C-])cccc1-c1ccccc1-n1c2ccccc2c2c(-n3c4ccccc4c4ccccc43)cccc21. The van der Waals surface area contributed by atoms with E-state index < -0.39 is 0 Å². The number of hydrogen-bond acceptors (Lipinski definition) is 0. The molecule has 55 heavy (non-hydrogen) atoms. The van der Waals surface area contributed by atoms with Crippen molar-refractivity contribution < 1.29 is 0 Å². The van der Waals surface area contributed by atoms with E-state index >= 15 is 0 Å². The Morgan fingerprint density at radius 1 is 0.345 bits per heavy atom. The highest BCUT2D eigenvalue weighted by molar-refractivity contribution is 6.17. The van der Waals surface area contributed by atoms with Crippen LogP contribution in [0.5, 0.6) is 0 Å². The Kier molecular flexibility index (Phi) is 6.61. The smallest absolute Gasteiger partial charge is 0.211 e. The number of hydrogen-bond donors (Lipinski definition) is 0. The van der Waals surface area contributed by atoms with E-state index in [1.807, 2.05) is 42.5 Å². The number of benzene rings is 8. The van der Waals surface area contributed by atoms with Crippen molar-refractivity contribution in [2.45, 2.75) is 0 Å². The van der Waals surface area contributed by atoms with Crippen molar-refractivity contribution in [2.24, 2.45) is 0 Å². The summed E-state index contributed by atoms with van der Waals surface area (Å²) in [5.41, 5.74) is 12.6. The second kappa shape index (κ2) is 11.8. The third kappa shape index (κ3) is 4.33. The van der Waals surface area contributed by atoms with Crippen LogP contribution in [-0.2, 0) is 0 Å². The van der Waals surface area contributed by atoms with E-state index in [0.717, 1.165) is 66.4 Å². The van der Waals surface area contributed by atoms with E-state index in [2.05, 4.69) is 157 Å². The molecule has 0 bridgehead atoms. The molecule has 254 valence electrons. The number of aromatic nitrogens is 3. The van der Waals surface area contributed by atoms with Gasteiger partial charge in [-0.15, -0.1) is 0 Å². The van der Waals surface area contributed by atoms with Gasteiger partial charge in [0.15, 0.2) is 5.69 Å². The van der Waals surface area contributed by atoms with E-state index in [9.17, 15) is 0 Å². The third-order valence-corrected chi connectivity index (χ3v) is 11.1. The van der Waals surface area contributed by atoms with Gasteiger partial charge in [0.2, 0.25) is 5.69 Å². The zero-order valence-corrected chi connectivity index (χ0v) is 29.5. The van der Waals surface area contributed by atoms with Crippen molar-refractivity contribution in [2.75, 3.05) is 0 Å². The van der Waals surface area contributed by atoms with Crippen molar-refractivity contribution in [3.8, 4) is 28.2 Å². The molecule has 0 aliphatic carbocycles. The summed E-state index contributed by atoms with van der Waals surface area (Å²) >= 11 is 0. The summed E-state index contributed by atoms with van der Waals surface area (Å²) in [7, 11) is 0. The second-order valence-electron chi connectivity index (χ2n) is 13.9. The lowest BCUT2D eigenvalue weighted by Crippen LogP contribution is -2.02. The van der Waals surface area contributed by atoms with Gasteiger partial charge in [0.25, 0.3) is 0 Å². The maximum Gasteiger partial charge on any atom is 0.211 e. The summed E-state index contributed by atoms with van der Waals surface area (Å²) < 4.78 is 7.01. The Morgan fingerprint density at radius 3 is 1.53 bits per heavy atom. The van der Waals surface area contributed by atoms with E-state index in [-0.39, 0.29) is 0 Å². The Bertz CT molecular complexity index is 3420. The lowest BCUT2D eigenvalue weighted by Gasteiger charge is -2.20. The first-order valence-corrected chi connectivity index (χ1v) is 18.3. The highest BCUT2D eigenvalue weighted by Gasteiger charge is 2.24. The fourth-order valence-corrected chi connectivity index (χ4v) is 8.87. The maximum absolute atomic E-state index is 8.41. The summed E-state index contributed by atoms with van der Waals surface area (Å²) in [4.78, 5) is 7.85. The van der Waals surface area contributed by atoms with Crippen molar-refractivity contribution in [3.05, 3.63) is 199 Å². The lowest BCUT2D eigenvalue weighted by molar-refractivity contribution is 1.16. The van der Waals surface area contributed by atoms with Gasteiger partial charge in [0, 0.05) is 32.5 Å². The van der Waals surface area contributed by atoms with Crippen molar-refractivity contribution in [3.63, 3.8) is 0 Å². The first kappa shape index (κ1) is 30.7. The highest BCUT2D eigenvalue weighted by Crippen LogP contribution is 2.45. The summed E-state index contributed by atoms with van der Waals surface area (Å²) in [6.07, 6.45) is 0. The van der Waals surface area contributed by atoms with Gasteiger partial charge in [-0.1, -0.05) is 121 Å². The van der Waals surface area contributed by atoms with Crippen LogP contribution in [0.1, 0.15) is 0 Å². The highest BCUT2D eigenvalue weighted by atomic mass is 15.0. The van der Waals surface area contributed by atoms with Crippen LogP contribution in [0.4, 0.5) is 11.4 Å². The van der Waals surface area contributed by atoms with Gasteiger partial charge < -0.3 is 13.7 Å². The van der Waals surface area contributed by atoms with E-state index in [4.69, 9.17) is 13.1 Å². The van der Waals surface area contributed by atoms with Gasteiger partial charge in [0.1, 0.15) is 0 Å². The number of rotatable bonds is 4. The molecule has 5 nitrogen and oxygen atoms in total. The molecule has 0 unspecified atom stereocenters. The first-order valence-electron chi connectivity index (χ1n) is 18.3. The fourth-order valence-electron chi connectivity index (χ4n) is 8.87. The molecule has 0 N–H and O–H groups in total. The van der Waals surface area contributed by atoms with Crippen LogP contribution in [-0.4, -0.2) is 13.7 Å². The zero-order valence-electron chi connectivity index (χ0n) is 29.5. The van der Waals surface area contributed by atoms with Gasteiger partial charge >= 0.3 is 0 Å². The lowest BCUT2D eigenvalue weighted by atomic mass is 9.99. The standard InChI is InChI=1S/C50H29N5/c1-51-32-29-30-46-39(31-32)36-18-6-11-25-44(36)55(46)50-37(20-13-21-40(50)52-2)35-17-5-10-24-43(35)54-45-26-12-7-19-38(45)49-47(27-14-28-48(49)54)53-41-22-8-3-15-33(41)34-16-4-9-23-42(34)53/h3-31H. The monoisotopic (exact) mass is 699 g/mol. The van der Waals surface area contributed by atoms with Gasteiger partial charge in [-0.25, -0.2) is 9.69 Å². The van der Waals surface area contributed by atoms with E-state index in [0.29, 0.717) is 11.4 Å². The van der Waals surface area contributed by atoms with Crippen LogP contribution in [0.3, 0.4) is 0 Å². The minimum atomic E-state index is 0.556. The Hall–Kier alpha value is -7.86. The van der Waals surface area contributed by atoms with Crippen LogP contribution < -0.4 is 0 Å². The van der Waals surface area contributed by atoms with Crippen molar-refractivity contribution in [1.29, 1.82) is 0 Å². The molecule has 0 spiro atoms. The Morgan fingerprint density at radius 2 is 0.836 bits per heavy atom. The first-order chi connectivity index (χ1) is 27.2. The molecule has 11 rings (SSSR count). The summed E-state index contributed by atoms with van der Waals surface area (Å²) in [5.74, 6) is 0. The number of fused-ring (bicyclic) bond motifs is 9. The number of para-hydroxylation sites is 6. The molecule has 11 aromatic rings. The molecule has 0 saturated carbocycles. The predicted molar refractivity (Wildman–Crippen MR) is 227 cm³/mol. The van der Waals surface area contributed by atoms with E-state index in [1.54, 1.807) is 0 Å². The third-order valence-electron chi connectivity index (χ3n) is 11.1. The van der Waals surface area contributed by atoms with E-state index in [1.165, 1.54) is 27.2 Å². The van der Waals surface area contributed by atoms with Crippen LogP contribution in [0, 0.1) is 13.1 Å². The molecule has 0 radical (unpaired) electrons. The maximum atomic E-state index is 8.41. The van der Waals surface area contributed by atoms with Gasteiger partial charge in [-0.05, 0) is 65.5 Å². The molecule has 0 aliphatic rings. The molecule has 0 saturated heterocycles. The zero-order chi connectivity index (χ0) is 36.6. The molecule has 0 amide bonds. The van der Waals surface area contributed by atoms with Crippen LogP contribution >= 0.6 is 0 Å². The minimum Gasteiger partial charge on any atom is -0.318 e. The summed E-state index contributed by atoms with van der Waals surface area (Å²) in [6, 6.07) is 61.3. The Labute approximate surface area is 316 Å². The van der Waals surface area contributed by atoms with Gasteiger partial charge in [0.05, 0.1) is 63.3 Å². The molecule has 5 heteroatoms. The minimum absolute atomic E-state index is 0.556. The molecule has 0 aliphatic heterocycles. The normalized spacial score (nSPS) is 11.6. The second-order valence-corrected chi connectivity index (χ2v) is 13.9. The van der Waals surface area contributed by atoms with Gasteiger partial charge in [-0.2, -0.15) is 0 Å². The summed E-state index contributed by atoms with van der Waals surface area (Å²) in [5, 5.41) is 6.83. The number of nitrogens with zero attached hydrogens (tertiary/aromatic N) is 5.